The molecular formula is C22H21FN4O3S. The van der Waals surface area contributed by atoms with Gasteiger partial charge in [-0.25, -0.2) is 4.39 Å². The third-order valence-corrected chi connectivity index (χ3v) is 5.83. The van der Waals surface area contributed by atoms with Gasteiger partial charge in [-0.15, -0.1) is 10.2 Å². The number of benzene rings is 2. The second kappa shape index (κ2) is 9.65. The lowest BCUT2D eigenvalue weighted by Crippen LogP contribution is -2.32. The molecule has 2 aromatic carbocycles. The second-order valence-corrected chi connectivity index (χ2v) is 8.29. The fourth-order valence-corrected chi connectivity index (χ4v) is 3.96. The number of nitrogens with zero attached hydrogens (tertiary/aromatic N) is 2. The number of hydrogen-bond donors (Lipinski definition) is 2. The predicted octanol–water partition coefficient (Wildman–Crippen LogP) is 4.18. The molecule has 0 spiro atoms. The summed E-state index contributed by atoms with van der Waals surface area (Å²) in [6.07, 6.45) is 4.41. The zero-order valence-corrected chi connectivity index (χ0v) is 17.5. The summed E-state index contributed by atoms with van der Waals surface area (Å²) in [6.45, 7) is 0.148. The van der Waals surface area contributed by atoms with Crippen LogP contribution >= 0.6 is 11.3 Å². The van der Waals surface area contributed by atoms with Gasteiger partial charge in [-0.05, 0) is 61.4 Å². The van der Waals surface area contributed by atoms with Crippen molar-refractivity contribution in [3.63, 3.8) is 0 Å². The Hall–Kier alpha value is -3.33. The van der Waals surface area contributed by atoms with E-state index in [0.717, 1.165) is 24.2 Å². The molecule has 1 aliphatic rings. The minimum absolute atomic E-state index is 0.0700. The smallest absolute Gasteiger partial charge is 0.286 e. The van der Waals surface area contributed by atoms with Crippen molar-refractivity contribution in [3.8, 4) is 5.75 Å². The Labute approximate surface area is 182 Å². The third-order valence-electron chi connectivity index (χ3n) is 4.93. The number of nitrogens with one attached hydrogen (secondary N) is 2. The van der Waals surface area contributed by atoms with Crippen LogP contribution in [0.25, 0.3) is 0 Å². The van der Waals surface area contributed by atoms with Gasteiger partial charge in [-0.1, -0.05) is 24.2 Å². The Balaban J connectivity index is 1.28. The highest BCUT2D eigenvalue weighted by molar-refractivity contribution is 7.13. The van der Waals surface area contributed by atoms with Gasteiger partial charge in [0.05, 0.1) is 0 Å². The molecule has 31 heavy (non-hydrogen) atoms. The van der Waals surface area contributed by atoms with E-state index in [1.54, 1.807) is 24.3 Å². The van der Waals surface area contributed by atoms with Crippen LogP contribution < -0.4 is 15.4 Å². The number of carbonyl (C=O) groups excluding carboxylic acids is 2. The van der Waals surface area contributed by atoms with E-state index in [1.165, 1.54) is 37.1 Å². The summed E-state index contributed by atoms with van der Waals surface area (Å²) in [5.74, 6) is -0.284. The number of carbonyl (C=O) groups is 2. The van der Waals surface area contributed by atoms with Gasteiger partial charge in [-0.2, -0.15) is 0 Å². The van der Waals surface area contributed by atoms with E-state index in [0.29, 0.717) is 22.0 Å². The largest absolute Gasteiger partial charge is 0.486 e. The van der Waals surface area contributed by atoms with Crippen molar-refractivity contribution in [2.45, 2.75) is 38.3 Å². The molecule has 0 radical (unpaired) electrons. The molecule has 1 fully saturated rings. The van der Waals surface area contributed by atoms with E-state index in [1.807, 2.05) is 0 Å². The van der Waals surface area contributed by atoms with Gasteiger partial charge in [0.15, 0.2) is 5.01 Å². The van der Waals surface area contributed by atoms with Gasteiger partial charge in [0.1, 0.15) is 18.2 Å². The van der Waals surface area contributed by atoms with E-state index < -0.39 is 5.91 Å². The van der Waals surface area contributed by atoms with Crippen LogP contribution in [0.4, 0.5) is 10.1 Å². The second-order valence-electron chi connectivity index (χ2n) is 7.23. The number of rotatable bonds is 7. The highest BCUT2D eigenvalue weighted by Gasteiger charge is 2.18. The summed E-state index contributed by atoms with van der Waals surface area (Å²) in [7, 11) is 0. The molecule has 0 bridgehead atoms. The molecule has 3 aromatic rings. The molecule has 2 amide bonds. The number of amides is 2. The molecule has 1 aromatic heterocycles. The predicted molar refractivity (Wildman–Crippen MR) is 115 cm³/mol. The van der Waals surface area contributed by atoms with E-state index in [-0.39, 0.29) is 29.4 Å². The van der Waals surface area contributed by atoms with Crippen LogP contribution in [0.15, 0.2) is 48.5 Å². The van der Waals surface area contributed by atoms with Gasteiger partial charge in [0.25, 0.3) is 11.8 Å². The van der Waals surface area contributed by atoms with E-state index >= 15 is 0 Å². The fourth-order valence-electron chi connectivity index (χ4n) is 3.31. The standard InChI is InChI=1S/C22H21FN4O3S/c23-15-7-9-17(10-8-15)25-21(29)22-27-26-19(31-22)13-30-18-11-5-14(6-12-18)20(28)24-16-3-1-2-4-16/h5-12,16H,1-4,13H2,(H,24,28)(H,25,29). The average Bonchev–Trinajstić information content (AvgIpc) is 3.46. The number of anilines is 1. The van der Waals surface area contributed by atoms with Crippen molar-refractivity contribution in [2.75, 3.05) is 5.32 Å². The first-order chi connectivity index (χ1) is 15.1. The van der Waals surface area contributed by atoms with Crippen molar-refractivity contribution < 1.29 is 18.7 Å². The molecule has 7 nitrogen and oxygen atoms in total. The van der Waals surface area contributed by atoms with Crippen LogP contribution in [-0.2, 0) is 6.61 Å². The molecule has 0 aliphatic heterocycles. The van der Waals surface area contributed by atoms with E-state index in [4.69, 9.17) is 4.74 Å². The van der Waals surface area contributed by atoms with Gasteiger partial charge in [0.2, 0.25) is 5.01 Å². The first-order valence-electron chi connectivity index (χ1n) is 10.00. The monoisotopic (exact) mass is 440 g/mol. The Bertz CT molecular complexity index is 1050. The first kappa shape index (κ1) is 20.9. The molecule has 9 heteroatoms. The highest BCUT2D eigenvalue weighted by atomic mass is 32.1. The molecule has 1 saturated carbocycles. The number of ether oxygens (including phenoxy) is 1. The van der Waals surface area contributed by atoms with Crippen molar-refractivity contribution in [1.29, 1.82) is 0 Å². The van der Waals surface area contributed by atoms with Crippen LogP contribution in [0.1, 0.15) is 50.9 Å². The topological polar surface area (TPSA) is 93.2 Å². The molecule has 4 rings (SSSR count). The Morgan fingerprint density at radius 2 is 1.71 bits per heavy atom. The number of hydrogen-bond acceptors (Lipinski definition) is 6. The summed E-state index contributed by atoms with van der Waals surface area (Å²) < 4.78 is 18.6. The van der Waals surface area contributed by atoms with Crippen molar-refractivity contribution in [2.24, 2.45) is 0 Å². The molecule has 1 heterocycles. The van der Waals surface area contributed by atoms with Crippen molar-refractivity contribution in [1.82, 2.24) is 15.5 Å². The van der Waals surface area contributed by atoms with Gasteiger partial charge < -0.3 is 15.4 Å². The third kappa shape index (κ3) is 5.64. The zero-order chi connectivity index (χ0) is 21.6. The highest BCUT2D eigenvalue weighted by Crippen LogP contribution is 2.20. The van der Waals surface area contributed by atoms with Crippen molar-refractivity contribution >= 4 is 28.8 Å². The normalized spacial score (nSPS) is 13.7. The lowest BCUT2D eigenvalue weighted by atomic mass is 10.1. The molecular weight excluding hydrogens is 419 g/mol. The first-order valence-corrected chi connectivity index (χ1v) is 10.8. The number of halogens is 1. The summed E-state index contributed by atoms with van der Waals surface area (Å²) in [5.41, 5.74) is 1.06. The lowest BCUT2D eigenvalue weighted by Gasteiger charge is -2.12. The maximum Gasteiger partial charge on any atom is 0.286 e. The van der Waals surface area contributed by atoms with Crippen LogP contribution in [0.5, 0.6) is 5.75 Å². The van der Waals surface area contributed by atoms with Crippen LogP contribution in [-0.4, -0.2) is 28.1 Å². The maximum absolute atomic E-state index is 13.0. The van der Waals surface area contributed by atoms with Gasteiger partial charge >= 0.3 is 0 Å². The molecule has 0 atom stereocenters. The summed E-state index contributed by atoms with van der Waals surface area (Å²) >= 11 is 1.11. The Kier molecular flexibility index (Phi) is 6.51. The molecule has 160 valence electrons. The molecule has 0 unspecified atom stereocenters. The molecule has 2 N–H and O–H groups in total. The van der Waals surface area contributed by atoms with Gasteiger partial charge in [-0.3, -0.25) is 9.59 Å². The van der Waals surface area contributed by atoms with E-state index in [9.17, 15) is 14.0 Å². The maximum atomic E-state index is 13.0. The summed E-state index contributed by atoms with van der Waals surface area (Å²) in [6, 6.07) is 12.6. The van der Waals surface area contributed by atoms with Crippen LogP contribution in [0.3, 0.4) is 0 Å². The van der Waals surface area contributed by atoms with Gasteiger partial charge in [0, 0.05) is 17.3 Å². The Morgan fingerprint density at radius 1 is 1.00 bits per heavy atom. The quantitative estimate of drug-likeness (QED) is 0.575. The molecule has 1 aliphatic carbocycles. The average molecular weight is 441 g/mol. The SMILES string of the molecule is O=C(NC1CCCC1)c1ccc(OCc2nnc(C(=O)Nc3ccc(F)cc3)s2)cc1. The minimum Gasteiger partial charge on any atom is -0.486 e. The minimum atomic E-state index is -0.423. The zero-order valence-electron chi connectivity index (χ0n) is 16.6. The van der Waals surface area contributed by atoms with Crippen molar-refractivity contribution in [3.05, 3.63) is 69.9 Å². The Morgan fingerprint density at radius 3 is 2.42 bits per heavy atom. The summed E-state index contributed by atoms with van der Waals surface area (Å²) in [4.78, 5) is 24.5. The van der Waals surface area contributed by atoms with Crippen LogP contribution in [0.2, 0.25) is 0 Å². The van der Waals surface area contributed by atoms with Crippen LogP contribution in [0, 0.1) is 5.82 Å². The fraction of sp³-hybridized carbons (Fsp3) is 0.273. The molecule has 0 saturated heterocycles. The van der Waals surface area contributed by atoms with E-state index in [2.05, 4.69) is 20.8 Å². The summed E-state index contributed by atoms with van der Waals surface area (Å²) in [5, 5.41) is 14.3. The number of aromatic nitrogens is 2. The lowest BCUT2D eigenvalue weighted by molar-refractivity contribution is 0.0937.